The predicted molar refractivity (Wildman–Crippen MR) is 91.2 cm³/mol. The number of nitrogens with zero attached hydrogens (tertiary/aromatic N) is 2. The van der Waals surface area contributed by atoms with Gasteiger partial charge in [0.15, 0.2) is 0 Å². The highest BCUT2D eigenvalue weighted by molar-refractivity contribution is 6.35. The summed E-state index contributed by atoms with van der Waals surface area (Å²) in [6, 6.07) is 10.6. The maximum absolute atomic E-state index is 12.5. The van der Waals surface area contributed by atoms with E-state index in [0.717, 1.165) is 37.9 Å². The number of carbonyl (C=O) groups is 2. The molecule has 0 aromatic heterocycles. The number of amides is 2. The fraction of sp³-hybridized carbons (Fsp3) is 0.579. The Bertz CT molecular complexity index is 612. The molecule has 4 rings (SSSR count). The van der Waals surface area contributed by atoms with Crippen LogP contribution in [-0.2, 0) is 16.1 Å². The van der Waals surface area contributed by atoms with Crippen molar-refractivity contribution in [1.29, 1.82) is 0 Å². The van der Waals surface area contributed by atoms with Crippen molar-refractivity contribution in [2.24, 2.45) is 0 Å². The highest BCUT2D eigenvalue weighted by Crippen LogP contribution is 2.32. The number of nitrogens with one attached hydrogen (secondary N) is 1. The quantitative estimate of drug-likeness (QED) is 0.857. The molecule has 1 N–H and O–H groups in total. The lowest BCUT2D eigenvalue weighted by Gasteiger charge is -2.49. The summed E-state index contributed by atoms with van der Waals surface area (Å²) in [4.78, 5) is 29.1. The van der Waals surface area contributed by atoms with Gasteiger partial charge in [0.2, 0.25) is 0 Å². The Labute approximate surface area is 143 Å². The van der Waals surface area contributed by atoms with E-state index in [1.54, 1.807) is 0 Å². The molecule has 1 aliphatic carbocycles. The molecule has 128 valence electrons. The molecule has 1 saturated carbocycles. The summed E-state index contributed by atoms with van der Waals surface area (Å²) in [5.74, 6) is -0.805. The number of carbonyl (C=O) groups excluding carboxylic acids is 2. The van der Waals surface area contributed by atoms with Gasteiger partial charge in [0.1, 0.15) is 0 Å². The number of benzene rings is 1. The lowest BCUT2D eigenvalue weighted by molar-refractivity contribution is -0.155. The van der Waals surface area contributed by atoms with Crippen LogP contribution in [-0.4, -0.2) is 52.8 Å². The second-order valence-electron chi connectivity index (χ2n) is 7.23. The topological polar surface area (TPSA) is 52.7 Å². The van der Waals surface area contributed by atoms with Crippen molar-refractivity contribution in [2.75, 3.05) is 13.1 Å². The van der Waals surface area contributed by atoms with Gasteiger partial charge in [0, 0.05) is 12.6 Å². The zero-order valence-corrected chi connectivity index (χ0v) is 14.0. The third-order valence-electron chi connectivity index (χ3n) is 5.79. The SMILES string of the molecule is O=C1NC2C(N3CCCC3)CCCC2N(Cc2ccccc2)C1=O. The average molecular weight is 327 g/mol. The Morgan fingerprint density at radius 3 is 2.42 bits per heavy atom. The molecule has 3 unspecified atom stereocenters. The van der Waals surface area contributed by atoms with Crippen LogP contribution in [0.4, 0.5) is 0 Å². The highest BCUT2D eigenvalue weighted by Gasteiger charge is 2.47. The van der Waals surface area contributed by atoms with E-state index in [1.165, 1.54) is 12.8 Å². The number of hydrogen-bond acceptors (Lipinski definition) is 3. The molecular formula is C19H25N3O2. The summed E-state index contributed by atoms with van der Waals surface area (Å²) < 4.78 is 0. The van der Waals surface area contributed by atoms with Gasteiger partial charge < -0.3 is 10.2 Å². The van der Waals surface area contributed by atoms with Gasteiger partial charge >= 0.3 is 11.8 Å². The van der Waals surface area contributed by atoms with E-state index in [9.17, 15) is 9.59 Å². The van der Waals surface area contributed by atoms with Crippen molar-refractivity contribution in [3.8, 4) is 0 Å². The van der Waals surface area contributed by atoms with Crippen molar-refractivity contribution >= 4 is 11.8 Å². The van der Waals surface area contributed by atoms with Gasteiger partial charge in [-0.1, -0.05) is 30.3 Å². The Morgan fingerprint density at radius 2 is 1.67 bits per heavy atom. The molecule has 2 amide bonds. The van der Waals surface area contributed by atoms with E-state index < -0.39 is 5.91 Å². The molecule has 24 heavy (non-hydrogen) atoms. The molecule has 1 aromatic rings. The predicted octanol–water partition coefficient (Wildman–Crippen LogP) is 1.53. The summed E-state index contributed by atoms with van der Waals surface area (Å²) in [5, 5.41) is 3.04. The number of fused-ring (bicyclic) bond motifs is 1. The molecule has 3 aliphatic rings. The highest BCUT2D eigenvalue weighted by atomic mass is 16.2. The molecule has 2 aliphatic heterocycles. The van der Waals surface area contributed by atoms with Crippen LogP contribution in [0.2, 0.25) is 0 Å². The minimum absolute atomic E-state index is 0.0748. The van der Waals surface area contributed by atoms with E-state index in [0.29, 0.717) is 12.6 Å². The van der Waals surface area contributed by atoms with Crippen LogP contribution in [0, 0.1) is 0 Å². The molecule has 5 nitrogen and oxygen atoms in total. The molecule has 3 atom stereocenters. The maximum atomic E-state index is 12.5. The Hall–Kier alpha value is -1.88. The van der Waals surface area contributed by atoms with Crippen LogP contribution in [0.25, 0.3) is 0 Å². The lowest BCUT2D eigenvalue weighted by Crippen LogP contribution is -2.69. The van der Waals surface area contributed by atoms with Crippen molar-refractivity contribution < 1.29 is 9.59 Å². The number of rotatable bonds is 3. The Balaban J connectivity index is 1.58. The van der Waals surface area contributed by atoms with Crippen LogP contribution in [0.1, 0.15) is 37.7 Å². The monoisotopic (exact) mass is 327 g/mol. The van der Waals surface area contributed by atoms with E-state index in [1.807, 2.05) is 35.2 Å². The summed E-state index contributed by atoms with van der Waals surface area (Å²) in [6.45, 7) is 2.77. The molecule has 0 bridgehead atoms. The van der Waals surface area contributed by atoms with Crippen molar-refractivity contribution in [3.63, 3.8) is 0 Å². The molecule has 0 radical (unpaired) electrons. The summed E-state index contributed by atoms with van der Waals surface area (Å²) in [5.41, 5.74) is 1.09. The summed E-state index contributed by atoms with van der Waals surface area (Å²) >= 11 is 0. The van der Waals surface area contributed by atoms with Crippen LogP contribution in [0.3, 0.4) is 0 Å². The molecule has 3 fully saturated rings. The Kier molecular flexibility index (Phi) is 4.27. The van der Waals surface area contributed by atoms with Gasteiger partial charge in [-0.3, -0.25) is 14.5 Å². The fourth-order valence-electron chi connectivity index (χ4n) is 4.64. The van der Waals surface area contributed by atoms with E-state index in [4.69, 9.17) is 0 Å². The van der Waals surface area contributed by atoms with Gasteiger partial charge in [0.25, 0.3) is 0 Å². The van der Waals surface area contributed by atoms with E-state index in [2.05, 4.69) is 10.2 Å². The number of piperazine rings is 1. The van der Waals surface area contributed by atoms with Gasteiger partial charge in [-0.25, -0.2) is 0 Å². The van der Waals surface area contributed by atoms with Crippen molar-refractivity contribution in [3.05, 3.63) is 35.9 Å². The van der Waals surface area contributed by atoms with Gasteiger partial charge in [0.05, 0.1) is 12.1 Å². The molecule has 1 aromatic carbocycles. The first-order valence-corrected chi connectivity index (χ1v) is 9.13. The molecule has 2 saturated heterocycles. The molecular weight excluding hydrogens is 302 g/mol. The first-order valence-electron chi connectivity index (χ1n) is 9.13. The molecule has 2 heterocycles. The first-order chi connectivity index (χ1) is 11.7. The smallest absolute Gasteiger partial charge is 0.312 e. The summed E-state index contributed by atoms with van der Waals surface area (Å²) in [6.07, 6.45) is 5.71. The minimum Gasteiger partial charge on any atom is -0.341 e. The summed E-state index contributed by atoms with van der Waals surface area (Å²) in [7, 11) is 0. The third kappa shape index (κ3) is 2.81. The number of hydrogen-bond donors (Lipinski definition) is 1. The zero-order chi connectivity index (χ0) is 16.5. The minimum atomic E-state index is -0.432. The molecule has 0 spiro atoms. The van der Waals surface area contributed by atoms with Gasteiger partial charge in [-0.05, 0) is 50.8 Å². The van der Waals surface area contributed by atoms with Crippen LogP contribution < -0.4 is 5.32 Å². The maximum Gasteiger partial charge on any atom is 0.312 e. The largest absolute Gasteiger partial charge is 0.341 e. The average Bonchev–Trinajstić information content (AvgIpc) is 3.14. The second-order valence-corrected chi connectivity index (χ2v) is 7.23. The van der Waals surface area contributed by atoms with Crippen LogP contribution in [0.15, 0.2) is 30.3 Å². The van der Waals surface area contributed by atoms with E-state index >= 15 is 0 Å². The van der Waals surface area contributed by atoms with Gasteiger partial charge in [-0.15, -0.1) is 0 Å². The fourth-order valence-corrected chi connectivity index (χ4v) is 4.64. The number of likely N-dealkylation sites (tertiary alicyclic amines) is 1. The third-order valence-corrected chi connectivity index (χ3v) is 5.79. The lowest BCUT2D eigenvalue weighted by atomic mass is 9.82. The second kappa shape index (κ2) is 6.55. The van der Waals surface area contributed by atoms with Crippen molar-refractivity contribution in [2.45, 2.75) is 56.8 Å². The van der Waals surface area contributed by atoms with E-state index in [-0.39, 0.29) is 18.0 Å². The van der Waals surface area contributed by atoms with Crippen molar-refractivity contribution in [1.82, 2.24) is 15.1 Å². The Morgan fingerprint density at radius 1 is 0.958 bits per heavy atom. The normalized spacial score (nSPS) is 31.0. The van der Waals surface area contributed by atoms with Crippen LogP contribution in [0.5, 0.6) is 0 Å². The first kappa shape index (κ1) is 15.6. The van der Waals surface area contributed by atoms with Crippen LogP contribution >= 0.6 is 0 Å². The van der Waals surface area contributed by atoms with Gasteiger partial charge in [-0.2, -0.15) is 0 Å². The zero-order valence-electron chi connectivity index (χ0n) is 14.0. The molecule has 5 heteroatoms. The standard InChI is InChI=1S/C19H25N3O2/c23-18-19(24)22(13-14-7-2-1-3-8-14)16-10-6-9-15(17(16)20-18)21-11-4-5-12-21/h1-3,7-8,15-17H,4-6,9-13H2,(H,20,23).